The molecule has 3 rings (SSSR count). The van der Waals surface area contributed by atoms with E-state index < -0.39 is 0 Å². The highest BCUT2D eigenvalue weighted by molar-refractivity contribution is 8.01. The van der Waals surface area contributed by atoms with Crippen molar-refractivity contribution >= 4 is 33.9 Å². The topological polar surface area (TPSA) is 55.6 Å². The maximum atomic E-state index is 4.21. The summed E-state index contributed by atoms with van der Waals surface area (Å²) in [5, 5.41) is 16.7. The van der Waals surface area contributed by atoms with E-state index in [1.54, 1.807) is 23.1 Å². The fourth-order valence-electron chi connectivity index (χ4n) is 2.00. The van der Waals surface area contributed by atoms with Gasteiger partial charge in [0.15, 0.2) is 4.34 Å². The molecule has 0 aliphatic rings. The van der Waals surface area contributed by atoms with E-state index in [0.717, 1.165) is 33.8 Å². The van der Waals surface area contributed by atoms with Gasteiger partial charge in [-0.05, 0) is 30.5 Å². The smallest absolute Gasteiger partial charge is 0.210 e. The second kappa shape index (κ2) is 7.42. The highest BCUT2D eigenvalue weighted by Crippen LogP contribution is 2.28. The molecule has 2 aromatic heterocycles. The van der Waals surface area contributed by atoms with E-state index in [9.17, 15) is 0 Å². The number of aryl methyl sites for hydroxylation is 2. The Balaban J connectivity index is 1.43. The quantitative estimate of drug-likeness (QED) is 0.528. The third-order valence-corrected chi connectivity index (χ3v) is 5.08. The van der Waals surface area contributed by atoms with Gasteiger partial charge in [0.1, 0.15) is 0 Å². The molecule has 0 spiro atoms. The van der Waals surface area contributed by atoms with Gasteiger partial charge in [-0.3, -0.25) is 4.68 Å². The lowest BCUT2D eigenvalue weighted by atomic mass is 10.2. The minimum atomic E-state index is 0.834. The Morgan fingerprint density at radius 1 is 1.23 bits per heavy atom. The summed E-state index contributed by atoms with van der Waals surface area (Å²) in [6.07, 6.45) is 6.15. The van der Waals surface area contributed by atoms with Crippen LogP contribution in [0.3, 0.4) is 0 Å². The summed E-state index contributed by atoms with van der Waals surface area (Å²) in [6, 6.07) is 10.0. The predicted octanol–water partition coefficient (Wildman–Crippen LogP) is 3.74. The molecule has 0 atom stereocenters. The summed E-state index contributed by atoms with van der Waals surface area (Å²) in [5.41, 5.74) is 2.32. The first-order valence-electron chi connectivity index (χ1n) is 7.05. The number of nitrogens with zero attached hydrogens (tertiary/aromatic N) is 4. The highest BCUT2D eigenvalue weighted by Gasteiger charge is 2.05. The van der Waals surface area contributed by atoms with Gasteiger partial charge in [-0.25, -0.2) is 0 Å². The van der Waals surface area contributed by atoms with E-state index in [1.165, 1.54) is 5.56 Å². The molecular weight excluding hydrogens is 314 g/mol. The lowest BCUT2D eigenvalue weighted by molar-refractivity contribution is 0.766. The van der Waals surface area contributed by atoms with Gasteiger partial charge in [0.25, 0.3) is 0 Å². The van der Waals surface area contributed by atoms with Crippen LogP contribution in [-0.2, 0) is 13.5 Å². The molecule has 1 aromatic carbocycles. The predicted molar refractivity (Wildman–Crippen MR) is 91.9 cm³/mol. The molecule has 0 saturated carbocycles. The first-order chi connectivity index (χ1) is 10.8. The summed E-state index contributed by atoms with van der Waals surface area (Å²) >= 11 is 3.35. The van der Waals surface area contributed by atoms with Gasteiger partial charge in [0.05, 0.1) is 6.20 Å². The molecule has 0 aliphatic carbocycles. The lowest BCUT2D eigenvalue weighted by Crippen LogP contribution is -1.88. The second-order valence-electron chi connectivity index (χ2n) is 4.84. The van der Waals surface area contributed by atoms with Crippen molar-refractivity contribution in [3.8, 4) is 0 Å². The maximum absolute atomic E-state index is 4.21. The minimum Gasteiger partial charge on any atom is -0.330 e. The van der Waals surface area contributed by atoms with Crippen LogP contribution in [0.4, 0.5) is 10.8 Å². The van der Waals surface area contributed by atoms with Gasteiger partial charge in [-0.1, -0.05) is 41.3 Å². The number of anilines is 2. The van der Waals surface area contributed by atoms with Crippen molar-refractivity contribution in [1.82, 2.24) is 20.0 Å². The average Bonchev–Trinajstić information content (AvgIpc) is 3.14. The molecule has 2 heterocycles. The fraction of sp³-hybridized carbons (Fsp3) is 0.267. The van der Waals surface area contributed by atoms with Crippen molar-refractivity contribution in [1.29, 1.82) is 0 Å². The molecule has 7 heteroatoms. The van der Waals surface area contributed by atoms with Crippen LogP contribution in [0, 0.1) is 0 Å². The summed E-state index contributed by atoms with van der Waals surface area (Å²) in [6.45, 7) is 0. The van der Waals surface area contributed by atoms with Crippen LogP contribution in [0.15, 0.2) is 47.1 Å². The molecule has 1 N–H and O–H groups in total. The average molecular weight is 331 g/mol. The third-order valence-electron chi connectivity index (χ3n) is 3.03. The molecule has 0 bridgehead atoms. The van der Waals surface area contributed by atoms with Crippen LogP contribution in [0.2, 0.25) is 0 Å². The SMILES string of the molecule is Cn1cc(CCCSc2nnc(Nc3ccccc3)s2)cn1. The van der Waals surface area contributed by atoms with E-state index in [1.807, 2.05) is 48.3 Å². The van der Waals surface area contributed by atoms with Crippen molar-refractivity contribution in [3.05, 3.63) is 48.3 Å². The Kier molecular flexibility index (Phi) is 5.07. The van der Waals surface area contributed by atoms with Crippen LogP contribution < -0.4 is 5.32 Å². The van der Waals surface area contributed by atoms with Crippen molar-refractivity contribution in [2.75, 3.05) is 11.1 Å². The molecule has 0 radical (unpaired) electrons. The largest absolute Gasteiger partial charge is 0.330 e. The van der Waals surface area contributed by atoms with Crippen LogP contribution in [0.5, 0.6) is 0 Å². The number of hydrogen-bond acceptors (Lipinski definition) is 6. The zero-order chi connectivity index (χ0) is 15.2. The molecule has 0 aliphatic heterocycles. The van der Waals surface area contributed by atoms with Crippen molar-refractivity contribution < 1.29 is 0 Å². The number of aromatic nitrogens is 4. The van der Waals surface area contributed by atoms with Gasteiger partial charge in [-0.15, -0.1) is 10.2 Å². The van der Waals surface area contributed by atoms with E-state index >= 15 is 0 Å². The monoisotopic (exact) mass is 331 g/mol. The van der Waals surface area contributed by atoms with Crippen LogP contribution >= 0.6 is 23.1 Å². The molecule has 0 unspecified atom stereocenters. The molecule has 114 valence electrons. The molecule has 0 fully saturated rings. The zero-order valence-electron chi connectivity index (χ0n) is 12.3. The van der Waals surface area contributed by atoms with Crippen molar-refractivity contribution in [3.63, 3.8) is 0 Å². The van der Waals surface area contributed by atoms with Gasteiger partial charge >= 0.3 is 0 Å². The normalized spacial score (nSPS) is 10.8. The molecule has 0 saturated heterocycles. The van der Waals surface area contributed by atoms with Gasteiger partial charge in [0, 0.05) is 24.7 Å². The van der Waals surface area contributed by atoms with E-state index in [4.69, 9.17) is 0 Å². The minimum absolute atomic E-state index is 0.834. The number of para-hydroxylation sites is 1. The van der Waals surface area contributed by atoms with E-state index in [-0.39, 0.29) is 0 Å². The summed E-state index contributed by atoms with van der Waals surface area (Å²) < 4.78 is 2.85. The van der Waals surface area contributed by atoms with Gasteiger partial charge in [0.2, 0.25) is 5.13 Å². The number of nitrogens with one attached hydrogen (secondary N) is 1. The van der Waals surface area contributed by atoms with Gasteiger partial charge < -0.3 is 5.32 Å². The Morgan fingerprint density at radius 2 is 2.09 bits per heavy atom. The molecule has 0 amide bonds. The van der Waals surface area contributed by atoms with Crippen molar-refractivity contribution in [2.24, 2.45) is 7.05 Å². The van der Waals surface area contributed by atoms with Gasteiger partial charge in [-0.2, -0.15) is 5.10 Å². The second-order valence-corrected chi connectivity index (χ2v) is 7.16. The molecule has 22 heavy (non-hydrogen) atoms. The zero-order valence-corrected chi connectivity index (χ0v) is 13.9. The highest BCUT2D eigenvalue weighted by atomic mass is 32.2. The Morgan fingerprint density at radius 3 is 2.86 bits per heavy atom. The summed E-state index contributed by atoms with van der Waals surface area (Å²) in [5.74, 6) is 1.04. The number of rotatable bonds is 7. The Labute approximate surface area is 137 Å². The molecular formula is C15H17N5S2. The van der Waals surface area contributed by atoms with E-state index in [2.05, 4.69) is 26.8 Å². The number of hydrogen-bond donors (Lipinski definition) is 1. The fourth-order valence-corrected chi connectivity index (χ4v) is 3.78. The lowest BCUT2D eigenvalue weighted by Gasteiger charge is -1.99. The summed E-state index contributed by atoms with van der Waals surface area (Å²) in [4.78, 5) is 0. The standard InChI is InChI=1S/C15H17N5S2/c1-20-11-12(10-16-20)6-5-9-21-15-19-18-14(22-15)17-13-7-3-2-4-8-13/h2-4,7-8,10-11H,5-6,9H2,1H3,(H,17,18). The first-order valence-corrected chi connectivity index (χ1v) is 8.86. The van der Waals surface area contributed by atoms with Crippen LogP contribution in [0.25, 0.3) is 0 Å². The Hall–Kier alpha value is -1.86. The number of benzene rings is 1. The Bertz CT molecular complexity index is 708. The maximum Gasteiger partial charge on any atom is 0.210 e. The number of thioether (sulfide) groups is 1. The summed E-state index contributed by atoms with van der Waals surface area (Å²) in [7, 11) is 1.95. The molecule has 5 nitrogen and oxygen atoms in total. The third kappa shape index (κ3) is 4.32. The molecule has 3 aromatic rings. The van der Waals surface area contributed by atoms with Crippen LogP contribution in [0.1, 0.15) is 12.0 Å². The van der Waals surface area contributed by atoms with Crippen molar-refractivity contribution in [2.45, 2.75) is 17.2 Å². The van der Waals surface area contributed by atoms with E-state index in [0.29, 0.717) is 0 Å². The van der Waals surface area contributed by atoms with Crippen LogP contribution in [-0.4, -0.2) is 25.7 Å². The first kappa shape index (κ1) is 15.1.